The second-order valence-corrected chi connectivity index (χ2v) is 8.44. The number of carbonyl (C=O) groups is 1. The molecule has 29 heavy (non-hydrogen) atoms. The molecule has 0 radical (unpaired) electrons. The number of hydrogen-bond acceptors (Lipinski definition) is 4. The molecule has 0 spiro atoms. The molecule has 0 saturated carbocycles. The summed E-state index contributed by atoms with van der Waals surface area (Å²) in [6.07, 6.45) is 0. The molecule has 1 amide bonds. The molecule has 152 valence electrons. The number of ether oxygens (including phenoxy) is 1. The quantitative estimate of drug-likeness (QED) is 0.698. The van der Waals surface area contributed by atoms with Crippen molar-refractivity contribution < 1.29 is 18.8 Å². The van der Waals surface area contributed by atoms with Crippen molar-refractivity contribution in [2.24, 2.45) is 0 Å². The van der Waals surface area contributed by atoms with Crippen molar-refractivity contribution in [2.75, 3.05) is 44.3 Å². The van der Waals surface area contributed by atoms with Crippen molar-refractivity contribution >= 4 is 32.6 Å². The standard InChI is InChI=1S/C22H24FN3O2S/c1-15-3-8-19-20(16(15)2)24-22(29-19)26(10-9-25-11-13-28-14-12-25)21(27)17-4-6-18(23)7-5-17/h3-8H,9-14H2,1-2H3/p+1. The van der Waals surface area contributed by atoms with Crippen LogP contribution in [-0.2, 0) is 4.74 Å². The average Bonchev–Trinajstić information content (AvgIpc) is 3.17. The number of hydrogen-bond donors (Lipinski definition) is 1. The van der Waals surface area contributed by atoms with Crippen molar-refractivity contribution in [3.63, 3.8) is 0 Å². The third-order valence-corrected chi connectivity index (χ3v) is 6.57. The maximum atomic E-state index is 13.3. The van der Waals surface area contributed by atoms with Crippen LogP contribution < -0.4 is 9.80 Å². The highest BCUT2D eigenvalue weighted by Crippen LogP contribution is 2.32. The molecule has 4 rings (SSSR count). The maximum absolute atomic E-state index is 13.3. The highest BCUT2D eigenvalue weighted by atomic mass is 32.1. The maximum Gasteiger partial charge on any atom is 0.260 e. The van der Waals surface area contributed by atoms with E-state index in [1.807, 2.05) is 0 Å². The predicted molar refractivity (Wildman–Crippen MR) is 114 cm³/mol. The van der Waals surface area contributed by atoms with Gasteiger partial charge in [0, 0.05) is 5.56 Å². The first-order chi connectivity index (χ1) is 14.0. The van der Waals surface area contributed by atoms with Crippen LogP contribution >= 0.6 is 11.3 Å². The number of aryl methyl sites for hydroxylation is 2. The number of amides is 1. The van der Waals surface area contributed by atoms with Crippen LogP contribution in [0.3, 0.4) is 0 Å². The molecule has 0 bridgehead atoms. The van der Waals surface area contributed by atoms with E-state index in [2.05, 4.69) is 26.0 Å². The van der Waals surface area contributed by atoms with Gasteiger partial charge in [0.15, 0.2) is 5.13 Å². The summed E-state index contributed by atoms with van der Waals surface area (Å²) < 4.78 is 19.8. The Labute approximate surface area is 173 Å². The van der Waals surface area contributed by atoms with Gasteiger partial charge in [-0.15, -0.1) is 0 Å². The van der Waals surface area contributed by atoms with E-state index in [9.17, 15) is 9.18 Å². The number of halogens is 1. The van der Waals surface area contributed by atoms with Crippen LogP contribution in [0.1, 0.15) is 21.5 Å². The van der Waals surface area contributed by atoms with Crippen LogP contribution in [0.25, 0.3) is 10.2 Å². The molecule has 1 saturated heterocycles. The Morgan fingerprint density at radius 3 is 2.62 bits per heavy atom. The van der Waals surface area contributed by atoms with Gasteiger partial charge in [0.1, 0.15) is 18.9 Å². The number of anilines is 1. The lowest BCUT2D eigenvalue weighted by molar-refractivity contribution is -0.906. The highest BCUT2D eigenvalue weighted by molar-refractivity contribution is 7.22. The van der Waals surface area contributed by atoms with Crippen molar-refractivity contribution in [3.05, 3.63) is 58.9 Å². The minimum Gasteiger partial charge on any atom is -0.370 e. The highest BCUT2D eigenvalue weighted by Gasteiger charge is 2.24. The van der Waals surface area contributed by atoms with Gasteiger partial charge in [-0.2, -0.15) is 0 Å². The SMILES string of the molecule is Cc1ccc2sc(N(CC[NH+]3CCOCC3)C(=O)c3ccc(F)cc3)nc2c1C. The van der Waals surface area contributed by atoms with E-state index in [0.717, 1.165) is 48.6 Å². The van der Waals surface area contributed by atoms with E-state index < -0.39 is 0 Å². The van der Waals surface area contributed by atoms with E-state index in [1.54, 1.807) is 4.90 Å². The average molecular weight is 415 g/mol. The minimum atomic E-state index is -0.350. The monoisotopic (exact) mass is 414 g/mol. The lowest BCUT2D eigenvalue weighted by Gasteiger charge is -2.27. The molecule has 7 heteroatoms. The molecule has 5 nitrogen and oxygen atoms in total. The molecule has 1 fully saturated rings. The molecule has 1 aliphatic heterocycles. The zero-order valence-corrected chi connectivity index (χ0v) is 17.5. The molecular weight excluding hydrogens is 389 g/mol. The van der Waals surface area contributed by atoms with Gasteiger partial charge in [-0.25, -0.2) is 9.37 Å². The fourth-order valence-electron chi connectivity index (χ4n) is 3.54. The number of aromatic nitrogens is 1. The van der Waals surface area contributed by atoms with Crippen LogP contribution in [0, 0.1) is 19.7 Å². The molecule has 0 unspecified atom stereocenters. The smallest absolute Gasteiger partial charge is 0.260 e. The molecule has 1 aromatic heterocycles. The minimum absolute atomic E-state index is 0.147. The number of fused-ring (bicyclic) bond motifs is 1. The first-order valence-electron chi connectivity index (χ1n) is 9.88. The molecule has 0 aliphatic carbocycles. The van der Waals surface area contributed by atoms with Crippen molar-refractivity contribution in [1.29, 1.82) is 0 Å². The second kappa shape index (κ2) is 8.57. The van der Waals surface area contributed by atoms with Crippen molar-refractivity contribution in [1.82, 2.24) is 4.98 Å². The summed E-state index contributed by atoms with van der Waals surface area (Å²) in [6.45, 7) is 8.89. The van der Waals surface area contributed by atoms with E-state index in [4.69, 9.17) is 9.72 Å². The summed E-state index contributed by atoms with van der Waals surface area (Å²) in [5, 5.41) is 0.690. The van der Waals surface area contributed by atoms with Gasteiger partial charge < -0.3 is 9.64 Å². The summed E-state index contributed by atoms with van der Waals surface area (Å²) in [6, 6.07) is 9.87. The third-order valence-electron chi connectivity index (χ3n) is 5.53. The van der Waals surface area contributed by atoms with Gasteiger partial charge >= 0.3 is 0 Å². The zero-order valence-electron chi connectivity index (χ0n) is 16.7. The number of nitrogens with zero attached hydrogens (tertiary/aromatic N) is 2. The number of rotatable bonds is 5. The van der Waals surface area contributed by atoms with E-state index >= 15 is 0 Å². The Morgan fingerprint density at radius 2 is 1.90 bits per heavy atom. The van der Waals surface area contributed by atoms with E-state index in [1.165, 1.54) is 46.1 Å². The summed E-state index contributed by atoms with van der Waals surface area (Å²) in [4.78, 5) is 21.3. The Kier molecular flexibility index (Phi) is 5.89. The number of carbonyl (C=O) groups excluding carboxylic acids is 1. The number of benzene rings is 2. The number of nitrogens with one attached hydrogen (secondary N) is 1. The first kappa shape index (κ1) is 19.9. The van der Waals surface area contributed by atoms with Gasteiger partial charge in [-0.3, -0.25) is 9.69 Å². The predicted octanol–water partition coefficient (Wildman–Crippen LogP) is 2.61. The van der Waals surface area contributed by atoms with Crippen molar-refractivity contribution in [3.8, 4) is 0 Å². The molecule has 1 aliphatic rings. The summed E-state index contributed by atoms with van der Waals surface area (Å²) in [5.41, 5.74) is 3.73. The van der Waals surface area contributed by atoms with Crippen molar-refractivity contribution in [2.45, 2.75) is 13.8 Å². The Bertz CT molecular complexity index is 1010. The topological polar surface area (TPSA) is 46.9 Å². The van der Waals surface area contributed by atoms with Crippen LogP contribution in [0.2, 0.25) is 0 Å². The van der Waals surface area contributed by atoms with Crippen LogP contribution in [-0.4, -0.2) is 50.3 Å². The Morgan fingerprint density at radius 1 is 1.17 bits per heavy atom. The van der Waals surface area contributed by atoms with Crippen LogP contribution in [0.4, 0.5) is 9.52 Å². The largest absolute Gasteiger partial charge is 0.370 e. The Balaban J connectivity index is 1.66. The summed E-state index contributed by atoms with van der Waals surface area (Å²) in [7, 11) is 0. The zero-order chi connectivity index (χ0) is 20.4. The number of morpholine rings is 1. The lowest BCUT2D eigenvalue weighted by Crippen LogP contribution is -3.14. The first-order valence-corrected chi connectivity index (χ1v) is 10.7. The molecule has 2 aromatic carbocycles. The number of quaternary nitrogens is 1. The van der Waals surface area contributed by atoms with Gasteiger partial charge in [0.25, 0.3) is 5.91 Å². The fourth-order valence-corrected chi connectivity index (χ4v) is 4.59. The van der Waals surface area contributed by atoms with E-state index in [-0.39, 0.29) is 11.7 Å². The van der Waals surface area contributed by atoms with Gasteiger partial charge in [0.05, 0.1) is 36.5 Å². The fraction of sp³-hybridized carbons (Fsp3) is 0.364. The molecule has 0 atom stereocenters. The second-order valence-electron chi connectivity index (χ2n) is 7.43. The summed E-state index contributed by atoms with van der Waals surface area (Å²) >= 11 is 1.53. The summed E-state index contributed by atoms with van der Waals surface area (Å²) in [5.74, 6) is -0.497. The Hall–Kier alpha value is -2.35. The molecule has 3 aromatic rings. The third kappa shape index (κ3) is 4.32. The molecule has 1 N–H and O–H groups in total. The lowest BCUT2D eigenvalue weighted by atomic mass is 10.1. The van der Waals surface area contributed by atoms with Crippen LogP contribution in [0.5, 0.6) is 0 Å². The number of thiazole rings is 1. The van der Waals surface area contributed by atoms with Gasteiger partial charge in [-0.1, -0.05) is 17.4 Å². The van der Waals surface area contributed by atoms with Crippen LogP contribution in [0.15, 0.2) is 36.4 Å². The van der Waals surface area contributed by atoms with E-state index in [0.29, 0.717) is 17.2 Å². The van der Waals surface area contributed by atoms with Gasteiger partial charge in [-0.05, 0) is 55.3 Å². The molecular formula is C22H25FN3O2S+. The molecule has 2 heterocycles. The van der Waals surface area contributed by atoms with Gasteiger partial charge in [0.2, 0.25) is 0 Å². The normalized spacial score (nSPS) is 15.0.